The van der Waals surface area contributed by atoms with Crippen molar-refractivity contribution in [3.05, 3.63) is 59.3 Å². The Morgan fingerprint density at radius 2 is 1.94 bits per heavy atom. The molecule has 3 rings (SSSR count). The smallest absolute Gasteiger partial charge is 0.363 e. The average molecular weight is 449 g/mol. The van der Waals surface area contributed by atoms with Crippen LogP contribution in [0.15, 0.2) is 47.6 Å². The predicted octanol–water partition coefficient (Wildman–Crippen LogP) is 3.50. The van der Waals surface area contributed by atoms with E-state index in [9.17, 15) is 13.2 Å². The van der Waals surface area contributed by atoms with E-state index in [2.05, 4.69) is 20.5 Å². The van der Waals surface area contributed by atoms with Crippen LogP contribution in [-0.2, 0) is 19.3 Å². The summed E-state index contributed by atoms with van der Waals surface area (Å²) in [5.41, 5.74) is 1.35. The number of aliphatic imine (C=N–C) groups is 1. The van der Waals surface area contributed by atoms with Gasteiger partial charge in [-0.05, 0) is 48.7 Å². The van der Waals surface area contributed by atoms with Crippen LogP contribution in [0.4, 0.5) is 19.0 Å². The summed E-state index contributed by atoms with van der Waals surface area (Å²) in [7, 11) is 3.91. The maximum absolute atomic E-state index is 12.7. The third kappa shape index (κ3) is 6.85. The molecule has 1 atom stereocenters. The number of rotatable bonds is 7. The summed E-state index contributed by atoms with van der Waals surface area (Å²) in [5.74, 6) is 1.66. The highest BCUT2D eigenvalue weighted by Crippen LogP contribution is 2.29. The van der Waals surface area contributed by atoms with E-state index in [1.165, 1.54) is 0 Å². The first-order valence-electron chi connectivity index (χ1n) is 10.8. The first kappa shape index (κ1) is 23.8. The standard InChI is InChI=1S/C23H31F3N6/c1-4-27-22(29-14-18-9-11-28-21(13-18)31(2)3)30-20-10-12-32(16-20)15-17-5-7-19(8-6-17)23(24,25)26/h5-9,11,13,20H,4,10,12,14-16H2,1-3H3,(H2,27,29,30). The molecule has 1 unspecified atom stereocenters. The van der Waals surface area contributed by atoms with E-state index in [0.717, 1.165) is 61.1 Å². The third-order valence-electron chi connectivity index (χ3n) is 5.33. The van der Waals surface area contributed by atoms with Crippen molar-refractivity contribution in [3.8, 4) is 0 Å². The van der Waals surface area contributed by atoms with Gasteiger partial charge in [0.1, 0.15) is 5.82 Å². The molecule has 0 aliphatic carbocycles. The minimum absolute atomic E-state index is 0.233. The van der Waals surface area contributed by atoms with Crippen LogP contribution in [0.3, 0.4) is 0 Å². The molecule has 1 fully saturated rings. The van der Waals surface area contributed by atoms with Crippen molar-refractivity contribution in [1.29, 1.82) is 0 Å². The van der Waals surface area contributed by atoms with Gasteiger partial charge in [-0.25, -0.2) is 9.98 Å². The van der Waals surface area contributed by atoms with Crippen molar-refractivity contribution in [1.82, 2.24) is 20.5 Å². The normalized spacial score (nSPS) is 17.4. The van der Waals surface area contributed by atoms with Gasteiger partial charge >= 0.3 is 6.18 Å². The molecule has 1 saturated heterocycles. The number of nitrogens with one attached hydrogen (secondary N) is 2. The molecule has 1 aliphatic heterocycles. The second kappa shape index (κ2) is 10.7. The van der Waals surface area contributed by atoms with E-state index in [-0.39, 0.29) is 6.04 Å². The van der Waals surface area contributed by atoms with Crippen molar-refractivity contribution in [2.24, 2.45) is 4.99 Å². The molecule has 0 saturated carbocycles. The SMILES string of the molecule is CCNC(=NCc1ccnc(N(C)C)c1)NC1CCN(Cc2ccc(C(F)(F)F)cc2)C1. The Morgan fingerprint density at radius 3 is 2.59 bits per heavy atom. The number of hydrogen-bond acceptors (Lipinski definition) is 4. The number of alkyl halides is 3. The van der Waals surface area contributed by atoms with Crippen LogP contribution in [0.2, 0.25) is 0 Å². The number of benzene rings is 1. The lowest BCUT2D eigenvalue weighted by Gasteiger charge is -2.19. The zero-order chi connectivity index (χ0) is 23.1. The molecule has 1 aromatic heterocycles. The van der Waals surface area contributed by atoms with Crippen LogP contribution in [0.5, 0.6) is 0 Å². The van der Waals surface area contributed by atoms with Crippen molar-refractivity contribution < 1.29 is 13.2 Å². The third-order valence-corrected chi connectivity index (χ3v) is 5.33. The van der Waals surface area contributed by atoms with Crippen molar-refractivity contribution in [2.75, 3.05) is 38.6 Å². The fourth-order valence-electron chi connectivity index (χ4n) is 3.64. The summed E-state index contributed by atoms with van der Waals surface area (Å²) in [6, 6.07) is 9.64. The van der Waals surface area contributed by atoms with Gasteiger partial charge in [-0.1, -0.05) is 12.1 Å². The Balaban J connectivity index is 1.55. The van der Waals surface area contributed by atoms with Crippen LogP contribution < -0.4 is 15.5 Å². The van der Waals surface area contributed by atoms with Gasteiger partial charge in [0, 0.05) is 52.5 Å². The number of likely N-dealkylation sites (tertiary alicyclic amines) is 1. The molecule has 0 bridgehead atoms. The van der Waals surface area contributed by atoms with Crippen molar-refractivity contribution in [3.63, 3.8) is 0 Å². The monoisotopic (exact) mass is 448 g/mol. The Morgan fingerprint density at radius 1 is 1.19 bits per heavy atom. The molecule has 9 heteroatoms. The number of nitrogens with zero attached hydrogens (tertiary/aromatic N) is 4. The topological polar surface area (TPSA) is 55.8 Å². The lowest BCUT2D eigenvalue weighted by atomic mass is 10.1. The quantitative estimate of drug-likeness (QED) is 0.502. The molecular weight excluding hydrogens is 417 g/mol. The highest BCUT2D eigenvalue weighted by atomic mass is 19.4. The van der Waals surface area contributed by atoms with E-state index in [4.69, 9.17) is 4.99 Å². The Hall–Kier alpha value is -2.81. The van der Waals surface area contributed by atoms with Gasteiger partial charge in [-0.15, -0.1) is 0 Å². The second-order valence-electron chi connectivity index (χ2n) is 8.17. The molecule has 0 spiro atoms. The molecule has 6 nitrogen and oxygen atoms in total. The van der Waals surface area contributed by atoms with E-state index in [0.29, 0.717) is 13.1 Å². The first-order chi connectivity index (χ1) is 15.2. The number of halogens is 3. The molecular formula is C23H31F3N6. The summed E-state index contributed by atoms with van der Waals surface area (Å²) in [5, 5.41) is 6.78. The van der Waals surface area contributed by atoms with Crippen molar-refractivity contribution in [2.45, 2.75) is 38.7 Å². The molecule has 174 valence electrons. The van der Waals surface area contributed by atoms with E-state index in [1.54, 1.807) is 18.3 Å². The summed E-state index contributed by atoms with van der Waals surface area (Å²) >= 11 is 0. The second-order valence-corrected chi connectivity index (χ2v) is 8.17. The van der Waals surface area contributed by atoms with Gasteiger partial charge in [0.15, 0.2) is 5.96 Å². The zero-order valence-corrected chi connectivity index (χ0v) is 18.8. The van der Waals surface area contributed by atoms with Gasteiger partial charge in [0.2, 0.25) is 0 Å². The maximum Gasteiger partial charge on any atom is 0.416 e. The first-order valence-corrected chi connectivity index (χ1v) is 10.8. The van der Waals surface area contributed by atoms with Gasteiger partial charge in [-0.3, -0.25) is 4.90 Å². The summed E-state index contributed by atoms with van der Waals surface area (Å²) < 4.78 is 38.2. The van der Waals surface area contributed by atoms with Crippen LogP contribution in [0.1, 0.15) is 30.0 Å². The van der Waals surface area contributed by atoms with Crippen molar-refractivity contribution >= 4 is 11.8 Å². The van der Waals surface area contributed by atoms with E-state index < -0.39 is 11.7 Å². The Labute approximate surface area is 187 Å². The van der Waals surface area contributed by atoms with Gasteiger partial charge in [-0.2, -0.15) is 13.2 Å². The summed E-state index contributed by atoms with van der Waals surface area (Å²) in [6.45, 7) is 5.65. The number of guanidine groups is 1. The zero-order valence-electron chi connectivity index (χ0n) is 18.8. The van der Waals surface area contributed by atoms with Crippen LogP contribution in [-0.4, -0.2) is 55.6 Å². The molecule has 1 aromatic carbocycles. The van der Waals surface area contributed by atoms with E-state index in [1.807, 2.05) is 38.1 Å². The lowest BCUT2D eigenvalue weighted by Crippen LogP contribution is -2.44. The number of pyridine rings is 1. The number of aromatic nitrogens is 1. The molecule has 1 aliphatic rings. The van der Waals surface area contributed by atoms with Crippen LogP contribution in [0.25, 0.3) is 0 Å². The number of hydrogen-bond donors (Lipinski definition) is 2. The Bertz CT molecular complexity index is 895. The maximum atomic E-state index is 12.7. The molecule has 2 N–H and O–H groups in total. The molecule has 0 radical (unpaired) electrons. The van der Waals surface area contributed by atoms with Gasteiger partial charge in [0.05, 0.1) is 12.1 Å². The Kier molecular flexibility index (Phi) is 7.95. The minimum atomic E-state index is -4.30. The summed E-state index contributed by atoms with van der Waals surface area (Å²) in [6.07, 6.45) is -1.56. The molecule has 2 heterocycles. The van der Waals surface area contributed by atoms with Gasteiger partial charge in [0.25, 0.3) is 0 Å². The lowest BCUT2D eigenvalue weighted by molar-refractivity contribution is -0.137. The molecule has 2 aromatic rings. The molecule has 0 amide bonds. The van der Waals surface area contributed by atoms with E-state index >= 15 is 0 Å². The highest BCUT2D eigenvalue weighted by Gasteiger charge is 2.30. The predicted molar refractivity (Wildman–Crippen MR) is 122 cm³/mol. The largest absolute Gasteiger partial charge is 0.416 e. The average Bonchev–Trinajstić information content (AvgIpc) is 3.19. The fourth-order valence-corrected chi connectivity index (χ4v) is 3.64. The minimum Gasteiger partial charge on any atom is -0.363 e. The fraction of sp³-hybridized carbons (Fsp3) is 0.478. The molecule has 32 heavy (non-hydrogen) atoms. The highest BCUT2D eigenvalue weighted by molar-refractivity contribution is 5.80. The number of anilines is 1. The van der Waals surface area contributed by atoms with Crippen LogP contribution >= 0.6 is 0 Å². The van der Waals surface area contributed by atoms with Gasteiger partial charge < -0.3 is 15.5 Å². The van der Waals surface area contributed by atoms with Crippen LogP contribution in [0, 0.1) is 0 Å². The summed E-state index contributed by atoms with van der Waals surface area (Å²) in [4.78, 5) is 13.2.